The van der Waals surface area contributed by atoms with E-state index in [0.29, 0.717) is 0 Å². The van der Waals surface area contributed by atoms with Crippen molar-refractivity contribution in [3.8, 4) is 0 Å². The van der Waals surface area contributed by atoms with Crippen molar-refractivity contribution in [3.05, 3.63) is 71.3 Å². The standard InChI is InChI=1S/C18H21OP/c1-13-11-14(2)18(15(3)12-13)16(4)20(5,19)17-9-7-6-8-10-17/h6-12H,4H2,1-3,5H3/t20-/m0/s1. The highest BCUT2D eigenvalue weighted by molar-refractivity contribution is 7.80. The summed E-state index contributed by atoms with van der Waals surface area (Å²) in [6.07, 6.45) is 0. The van der Waals surface area contributed by atoms with E-state index in [1.54, 1.807) is 0 Å². The first kappa shape index (κ1) is 14.8. The average Bonchev–Trinajstić information content (AvgIpc) is 2.38. The summed E-state index contributed by atoms with van der Waals surface area (Å²) >= 11 is 0. The number of hydrogen-bond donors (Lipinski definition) is 0. The van der Waals surface area contributed by atoms with Gasteiger partial charge in [-0.05, 0) is 44.1 Å². The second-order valence-corrected chi connectivity index (χ2v) is 8.38. The fourth-order valence-electron chi connectivity index (χ4n) is 2.72. The molecule has 1 nitrogen and oxygen atoms in total. The molecular weight excluding hydrogens is 263 g/mol. The maximum Gasteiger partial charge on any atom is 0.140 e. The van der Waals surface area contributed by atoms with Crippen molar-refractivity contribution in [1.29, 1.82) is 0 Å². The van der Waals surface area contributed by atoms with E-state index in [2.05, 4.69) is 39.5 Å². The van der Waals surface area contributed by atoms with Gasteiger partial charge in [-0.3, -0.25) is 0 Å². The predicted molar refractivity (Wildman–Crippen MR) is 89.3 cm³/mol. The van der Waals surface area contributed by atoms with Crippen molar-refractivity contribution in [2.45, 2.75) is 20.8 Å². The molecule has 0 saturated carbocycles. The van der Waals surface area contributed by atoms with E-state index < -0.39 is 7.14 Å². The van der Waals surface area contributed by atoms with E-state index in [-0.39, 0.29) is 0 Å². The number of hydrogen-bond acceptors (Lipinski definition) is 1. The molecule has 2 rings (SSSR count). The van der Waals surface area contributed by atoms with E-state index in [4.69, 9.17) is 0 Å². The number of aryl methyl sites for hydroxylation is 3. The van der Waals surface area contributed by atoms with Gasteiger partial charge in [-0.25, -0.2) is 0 Å². The quantitative estimate of drug-likeness (QED) is 0.733. The van der Waals surface area contributed by atoms with Crippen LogP contribution >= 0.6 is 7.14 Å². The summed E-state index contributed by atoms with van der Waals surface area (Å²) in [5.74, 6) is 0. The molecule has 2 aromatic carbocycles. The third-order valence-electron chi connectivity index (χ3n) is 3.73. The molecule has 104 valence electrons. The summed E-state index contributed by atoms with van der Waals surface area (Å²) < 4.78 is 13.2. The van der Waals surface area contributed by atoms with Gasteiger partial charge >= 0.3 is 0 Å². The Morgan fingerprint density at radius 1 is 1.00 bits per heavy atom. The minimum atomic E-state index is -2.62. The van der Waals surface area contributed by atoms with Crippen molar-refractivity contribution >= 4 is 17.8 Å². The van der Waals surface area contributed by atoms with Crippen LogP contribution in [0.4, 0.5) is 0 Å². The van der Waals surface area contributed by atoms with Gasteiger partial charge in [-0.1, -0.05) is 54.6 Å². The molecule has 20 heavy (non-hydrogen) atoms. The lowest BCUT2D eigenvalue weighted by Crippen LogP contribution is -2.05. The average molecular weight is 284 g/mol. The Hall–Kier alpha value is -1.59. The van der Waals surface area contributed by atoms with Crippen LogP contribution in [-0.4, -0.2) is 6.66 Å². The van der Waals surface area contributed by atoms with E-state index in [1.165, 1.54) is 5.56 Å². The molecular formula is C18H21OP. The van der Waals surface area contributed by atoms with Crippen LogP contribution in [0.3, 0.4) is 0 Å². The van der Waals surface area contributed by atoms with Gasteiger partial charge in [0.2, 0.25) is 0 Å². The topological polar surface area (TPSA) is 17.1 Å². The molecule has 0 bridgehead atoms. The van der Waals surface area contributed by atoms with Crippen LogP contribution in [0.25, 0.3) is 5.31 Å². The number of benzene rings is 2. The molecule has 2 aromatic rings. The summed E-state index contributed by atoms with van der Waals surface area (Å²) in [6.45, 7) is 12.2. The zero-order valence-corrected chi connectivity index (χ0v) is 13.5. The van der Waals surface area contributed by atoms with Gasteiger partial charge in [0.05, 0.1) is 0 Å². The first-order chi connectivity index (χ1) is 9.34. The van der Waals surface area contributed by atoms with Crippen molar-refractivity contribution in [2.75, 3.05) is 6.66 Å². The molecule has 0 aliphatic rings. The van der Waals surface area contributed by atoms with Crippen LogP contribution in [0.5, 0.6) is 0 Å². The van der Waals surface area contributed by atoms with Gasteiger partial charge in [0.1, 0.15) is 7.14 Å². The molecule has 0 radical (unpaired) electrons. The first-order valence-electron chi connectivity index (χ1n) is 6.75. The highest BCUT2D eigenvalue weighted by Crippen LogP contribution is 2.54. The van der Waals surface area contributed by atoms with Gasteiger partial charge in [-0.15, -0.1) is 0 Å². The minimum absolute atomic E-state index is 0.749. The zero-order chi connectivity index (χ0) is 14.9. The Bertz CT molecular complexity index is 676. The van der Waals surface area contributed by atoms with Crippen LogP contribution in [0, 0.1) is 20.8 Å². The molecule has 2 heteroatoms. The molecule has 0 aliphatic heterocycles. The van der Waals surface area contributed by atoms with Crippen molar-refractivity contribution in [1.82, 2.24) is 0 Å². The fourth-order valence-corrected chi connectivity index (χ4v) is 4.55. The normalized spacial score (nSPS) is 13.8. The Balaban J connectivity index is 2.55. The molecule has 0 N–H and O–H groups in total. The van der Waals surface area contributed by atoms with E-state index in [0.717, 1.165) is 27.3 Å². The Labute approximate surface area is 121 Å². The lowest BCUT2D eigenvalue weighted by molar-refractivity contribution is 0.591. The highest BCUT2D eigenvalue weighted by atomic mass is 31.2. The van der Waals surface area contributed by atoms with Gasteiger partial charge in [0.15, 0.2) is 0 Å². The fraction of sp³-hybridized carbons (Fsp3) is 0.222. The monoisotopic (exact) mass is 284 g/mol. The van der Waals surface area contributed by atoms with Gasteiger partial charge in [0, 0.05) is 10.6 Å². The Morgan fingerprint density at radius 2 is 1.50 bits per heavy atom. The lowest BCUT2D eigenvalue weighted by Gasteiger charge is -2.20. The molecule has 0 spiro atoms. The second kappa shape index (κ2) is 5.42. The Kier molecular flexibility index (Phi) is 4.01. The SMILES string of the molecule is C=C(c1c(C)cc(C)cc1C)[P@](C)(=O)c1ccccc1. The minimum Gasteiger partial charge on any atom is -0.314 e. The predicted octanol–water partition coefficient (Wildman–Crippen LogP) is 4.90. The highest BCUT2D eigenvalue weighted by Gasteiger charge is 2.25. The molecule has 1 atom stereocenters. The summed E-state index contributed by atoms with van der Waals surface area (Å²) in [5, 5.41) is 1.61. The van der Waals surface area contributed by atoms with Crippen LogP contribution in [-0.2, 0) is 4.57 Å². The third-order valence-corrected chi connectivity index (χ3v) is 6.27. The van der Waals surface area contributed by atoms with Gasteiger partial charge in [-0.2, -0.15) is 0 Å². The Morgan fingerprint density at radius 3 is 2.00 bits per heavy atom. The van der Waals surface area contributed by atoms with Crippen LogP contribution in [0.2, 0.25) is 0 Å². The zero-order valence-electron chi connectivity index (χ0n) is 12.6. The summed E-state index contributed by atoms with van der Waals surface area (Å²) in [7, 11) is -2.62. The first-order valence-corrected chi connectivity index (χ1v) is 8.90. The molecule has 0 amide bonds. The maximum absolute atomic E-state index is 13.2. The smallest absolute Gasteiger partial charge is 0.140 e. The lowest BCUT2D eigenvalue weighted by atomic mass is 10.00. The van der Waals surface area contributed by atoms with Crippen molar-refractivity contribution in [2.24, 2.45) is 0 Å². The van der Waals surface area contributed by atoms with Crippen LogP contribution in [0.1, 0.15) is 22.3 Å². The van der Waals surface area contributed by atoms with Gasteiger partial charge in [0.25, 0.3) is 0 Å². The maximum atomic E-state index is 13.2. The molecule has 0 aromatic heterocycles. The summed E-state index contributed by atoms with van der Waals surface area (Å²) in [6, 6.07) is 13.9. The molecule has 0 heterocycles. The van der Waals surface area contributed by atoms with Crippen molar-refractivity contribution < 1.29 is 4.57 Å². The molecule has 0 unspecified atom stereocenters. The van der Waals surface area contributed by atoms with E-state index >= 15 is 0 Å². The molecule has 0 aliphatic carbocycles. The molecule has 0 saturated heterocycles. The molecule has 0 fully saturated rings. The third kappa shape index (κ3) is 2.64. The van der Waals surface area contributed by atoms with Gasteiger partial charge < -0.3 is 4.57 Å². The van der Waals surface area contributed by atoms with Crippen molar-refractivity contribution in [3.63, 3.8) is 0 Å². The number of rotatable bonds is 3. The van der Waals surface area contributed by atoms with Crippen LogP contribution in [0.15, 0.2) is 49.0 Å². The van der Waals surface area contributed by atoms with E-state index in [9.17, 15) is 4.57 Å². The summed E-state index contributed by atoms with van der Waals surface area (Å²) in [4.78, 5) is 0. The van der Waals surface area contributed by atoms with Crippen LogP contribution < -0.4 is 5.30 Å². The second-order valence-electron chi connectivity index (χ2n) is 5.48. The van der Waals surface area contributed by atoms with E-state index in [1.807, 2.05) is 37.0 Å². The largest absolute Gasteiger partial charge is 0.314 e. The summed E-state index contributed by atoms with van der Waals surface area (Å²) in [5.41, 5.74) is 4.56.